The van der Waals surface area contributed by atoms with Crippen LogP contribution in [0.2, 0.25) is 0 Å². The van der Waals surface area contributed by atoms with Gasteiger partial charge in [-0.15, -0.1) is 6.42 Å². The van der Waals surface area contributed by atoms with Gasteiger partial charge in [0.25, 0.3) is 5.91 Å². The summed E-state index contributed by atoms with van der Waals surface area (Å²) in [5.74, 6) is 2.44. The Labute approximate surface area is 132 Å². The summed E-state index contributed by atoms with van der Waals surface area (Å²) in [6.45, 7) is 4.20. The Kier molecular flexibility index (Phi) is 6.69. The van der Waals surface area contributed by atoms with E-state index in [1.54, 1.807) is 0 Å². The first-order valence-electron chi connectivity index (χ1n) is 8.03. The molecule has 6 heteroatoms. The predicted octanol–water partition coefficient (Wildman–Crippen LogP) is -0.161. The maximum atomic E-state index is 12.5. The molecule has 0 radical (unpaired) electrons. The van der Waals surface area contributed by atoms with Crippen LogP contribution in [0.15, 0.2) is 0 Å². The molecule has 0 spiro atoms. The quantitative estimate of drug-likeness (QED) is 0.733. The van der Waals surface area contributed by atoms with Crippen molar-refractivity contribution in [3.63, 3.8) is 0 Å². The summed E-state index contributed by atoms with van der Waals surface area (Å²) in [4.78, 5) is 28.1. The summed E-state index contributed by atoms with van der Waals surface area (Å²) >= 11 is 0. The molecule has 1 atom stereocenters. The zero-order chi connectivity index (χ0) is 15.8. The van der Waals surface area contributed by atoms with Crippen molar-refractivity contribution in [2.45, 2.75) is 31.8 Å². The number of rotatable bonds is 4. The number of carbonyl (C=O) groups excluding carboxylic acids is 2. The molecule has 0 unspecified atom stereocenters. The minimum absolute atomic E-state index is 0.0617. The summed E-state index contributed by atoms with van der Waals surface area (Å²) in [7, 11) is 0. The number of ether oxygens (including phenoxy) is 1. The first-order chi connectivity index (χ1) is 10.7. The molecule has 0 aromatic rings. The molecule has 1 N–H and O–H groups in total. The predicted molar refractivity (Wildman–Crippen MR) is 83.1 cm³/mol. The van der Waals surface area contributed by atoms with E-state index in [9.17, 15) is 9.59 Å². The van der Waals surface area contributed by atoms with Crippen molar-refractivity contribution in [1.29, 1.82) is 0 Å². The van der Waals surface area contributed by atoms with Gasteiger partial charge < -0.3 is 15.0 Å². The summed E-state index contributed by atoms with van der Waals surface area (Å²) < 4.78 is 5.58. The maximum Gasteiger partial charge on any atom is 0.251 e. The molecule has 6 nitrogen and oxygen atoms in total. The molecule has 0 aromatic carbocycles. The highest BCUT2D eigenvalue weighted by molar-refractivity contribution is 5.81. The Morgan fingerprint density at radius 3 is 2.77 bits per heavy atom. The van der Waals surface area contributed by atoms with Gasteiger partial charge in [0.2, 0.25) is 5.91 Å². The average molecular weight is 307 g/mol. The lowest BCUT2D eigenvalue weighted by molar-refractivity contribution is -0.146. The van der Waals surface area contributed by atoms with Crippen molar-refractivity contribution in [2.24, 2.45) is 0 Å². The highest BCUT2D eigenvalue weighted by Gasteiger charge is 2.28. The van der Waals surface area contributed by atoms with Gasteiger partial charge in [-0.25, -0.2) is 0 Å². The molecule has 0 aromatic heterocycles. The number of carbonyl (C=O) groups is 2. The first kappa shape index (κ1) is 16.8. The molecule has 122 valence electrons. The lowest BCUT2D eigenvalue weighted by Gasteiger charge is -2.28. The van der Waals surface area contributed by atoms with Crippen LogP contribution in [0.25, 0.3) is 0 Å². The zero-order valence-electron chi connectivity index (χ0n) is 13.1. The molecule has 2 rings (SSSR count). The van der Waals surface area contributed by atoms with Gasteiger partial charge in [0.15, 0.2) is 0 Å². The topological polar surface area (TPSA) is 61.9 Å². The lowest BCUT2D eigenvalue weighted by Crippen LogP contribution is -2.44. The molecule has 0 saturated carbocycles. The standard InChI is InChI=1S/C16H25N3O3/c1-2-7-17-15(20)13-18-8-5-9-19(11-10-18)16(21)14-6-3-4-12-22-14/h1,14H,3-13H2,(H,17,20)/t14-/m0/s1. The molecule has 2 amide bonds. The maximum absolute atomic E-state index is 12.5. The Morgan fingerprint density at radius 2 is 2.05 bits per heavy atom. The van der Waals surface area contributed by atoms with E-state index in [2.05, 4.69) is 16.1 Å². The Balaban J connectivity index is 1.78. The van der Waals surface area contributed by atoms with Gasteiger partial charge in [0.05, 0.1) is 13.1 Å². The van der Waals surface area contributed by atoms with E-state index < -0.39 is 0 Å². The highest BCUT2D eigenvalue weighted by atomic mass is 16.5. The Morgan fingerprint density at radius 1 is 1.18 bits per heavy atom. The molecule has 0 aliphatic carbocycles. The fourth-order valence-electron chi connectivity index (χ4n) is 2.90. The van der Waals surface area contributed by atoms with Gasteiger partial charge in [-0.05, 0) is 25.7 Å². The van der Waals surface area contributed by atoms with E-state index >= 15 is 0 Å². The van der Waals surface area contributed by atoms with Crippen molar-refractivity contribution in [2.75, 3.05) is 45.9 Å². The van der Waals surface area contributed by atoms with Gasteiger partial charge in [0, 0.05) is 32.8 Å². The lowest BCUT2D eigenvalue weighted by atomic mass is 10.1. The summed E-state index contributed by atoms with van der Waals surface area (Å²) in [5.41, 5.74) is 0. The van der Waals surface area contributed by atoms with Crippen LogP contribution in [0.3, 0.4) is 0 Å². The van der Waals surface area contributed by atoms with Crippen molar-refractivity contribution < 1.29 is 14.3 Å². The van der Waals surface area contributed by atoms with Crippen molar-refractivity contribution in [1.82, 2.24) is 15.1 Å². The Hall–Kier alpha value is -1.58. The largest absolute Gasteiger partial charge is 0.368 e. The van der Waals surface area contributed by atoms with Crippen molar-refractivity contribution in [3.8, 4) is 12.3 Å². The van der Waals surface area contributed by atoms with Gasteiger partial charge in [0.1, 0.15) is 6.10 Å². The van der Waals surface area contributed by atoms with E-state index in [0.717, 1.165) is 38.8 Å². The van der Waals surface area contributed by atoms with Crippen LogP contribution < -0.4 is 5.32 Å². The summed E-state index contributed by atoms with van der Waals surface area (Å²) in [5, 5.41) is 2.67. The molecule has 22 heavy (non-hydrogen) atoms. The van der Waals surface area contributed by atoms with E-state index in [1.165, 1.54) is 0 Å². The summed E-state index contributed by atoms with van der Waals surface area (Å²) in [6, 6.07) is 0. The van der Waals surface area contributed by atoms with Crippen LogP contribution >= 0.6 is 0 Å². The van der Waals surface area contributed by atoms with Crippen LogP contribution in [0.4, 0.5) is 0 Å². The van der Waals surface area contributed by atoms with Crippen LogP contribution in [0.5, 0.6) is 0 Å². The second kappa shape index (κ2) is 8.76. The normalized spacial score (nSPS) is 23.4. The molecule has 2 heterocycles. The van der Waals surface area contributed by atoms with Gasteiger partial charge in [-0.2, -0.15) is 0 Å². The number of hydrogen-bond acceptors (Lipinski definition) is 4. The molecular weight excluding hydrogens is 282 g/mol. The number of hydrogen-bond donors (Lipinski definition) is 1. The van der Waals surface area contributed by atoms with Crippen LogP contribution in [-0.4, -0.2) is 73.6 Å². The van der Waals surface area contributed by atoms with Crippen LogP contribution in [0, 0.1) is 12.3 Å². The van der Waals surface area contributed by atoms with E-state index in [4.69, 9.17) is 11.2 Å². The van der Waals surface area contributed by atoms with Gasteiger partial charge >= 0.3 is 0 Å². The van der Waals surface area contributed by atoms with Crippen LogP contribution in [0.1, 0.15) is 25.7 Å². The van der Waals surface area contributed by atoms with E-state index in [0.29, 0.717) is 26.2 Å². The SMILES string of the molecule is C#CCNC(=O)CN1CCCN(C(=O)[C@@H]2CCCCO2)CC1. The van der Waals surface area contributed by atoms with E-state index in [1.807, 2.05) is 4.90 Å². The van der Waals surface area contributed by atoms with E-state index in [-0.39, 0.29) is 24.5 Å². The molecule has 2 fully saturated rings. The molecule has 2 aliphatic rings. The summed E-state index contributed by atoms with van der Waals surface area (Å²) in [6.07, 6.45) is 8.67. The molecular formula is C16H25N3O3. The average Bonchev–Trinajstić information content (AvgIpc) is 2.78. The molecule has 2 saturated heterocycles. The molecule has 2 aliphatic heterocycles. The fourth-order valence-corrected chi connectivity index (χ4v) is 2.90. The number of nitrogens with zero attached hydrogens (tertiary/aromatic N) is 2. The second-order valence-corrected chi connectivity index (χ2v) is 5.79. The van der Waals surface area contributed by atoms with Crippen molar-refractivity contribution in [3.05, 3.63) is 0 Å². The fraction of sp³-hybridized carbons (Fsp3) is 0.750. The van der Waals surface area contributed by atoms with Crippen LogP contribution in [-0.2, 0) is 14.3 Å². The Bertz CT molecular complexity index is 427. The second-order valence-electron chi connectivity index (χ2n) is 5.79. The minimum atomic E-state index is -0.265. The zero-order valence-corrected chi connectivity index (χ0v) is 13.1. The van der Waals surface area contributed by atoms with Crippen molar-refractivity contribution >= 4 is 11.8 Å². The third-order valence-corrected chi connectivity index (χ3v) is 4.11. The monoisotopic (exact) mass is 307 g/mol. The number of amides is 2. The highest BCUT2D eigenvalue weighted by Crippen LogP contribution is 2.16. The third kappa shape index (κ3) is 5.00. The number of terminal acetylenes is 1. The van der Waals surface area contributed by atoms with Gasteiger partial charge in [-0.3, -0.25) is 14.5 Å². The number of nitrogens with one attached hydrogen (secondary N) is 1. The molecule has 0 bridgehead atoms. The van der Waals surface area contributed by atoms with Gasteiger partial charge in [-0.1, -0.05) is 5.92 Å². The minimum Gasteiger partial charge on any atom is -0.368 e. The first-order valence-corrected chi connectivity index (χ1v) is 8.03. The third-order valence-electron chi connectivity index (χ3n) is 4.11. The smallest absolute Gasteiger partial charge is 0.251 e.